The highest BCUT2D eigenvalue weighted by Crippen LogP contribution is 2.34. The van der Waals surface area contributed by atoms with E-state index < -0.39 is 17.4 Å². The summed E-state index contributed by atoms with van der Waals surface area (Å²) in [5, 5.41) is 13.3. The van der Waals surface area contributed by atoms with Crippen molar-refractivity contribution in [1.29, 1.82) is 0 Å². The van der Waals surface area contributed by atoms with Gasteiger partial charge < -0.3 is 16.2 Å². The number of nitrogens with one attached hydrogen (secondary N) is 1. The molecule has 3 nitrogen and oxygen atoms in total. The summed E-state index contributed by atoms with van der Waals surface area (Å²) < 4.78 is 26.6. The molecule has 0 atom stereocenters. The van der Waals surface area contributed by atoms with E-state index in [0.29, 0.717) is 10.7 Å². The van der Waals surface area contributed by atoms with E-state index in [1.807, 2.05) is 18.2 Å². The molecule has 0 aliphatic rings. The van der Waals surface area contributed by atoms with Crippen LogP contribution in [0.25, 0.3) is 0 Å². The molecule has 0 aliphatic heterocycles. The SMILES string of the molecule is Nc1ccc(Sc2ccc(Cl)cc2)c(CNc2ccc(F)c(F)c2O)c1. The number of hydrogen-bond donors (Lipinski definition) is 3. The number of nitrogens with two attached hydrogens (primary N) is 1. The van der Waals surface area contributed by atoms with E-state index in [2.05, 4.69) is 5.32 Å². The Morgan fingerprint density at radius 1 is 1.04 bits per heavy atom. The Balaban J connectivity index is 1.82. The van der Waals surface area contributed by atoms with Crippen molar-refractivity contribution in [2.45, 2.75) is 16.3 Å². The quantitative estimate of drug-likeness (QED) is 0.387. The van der Waals surface area contributed by atoms with Crippen molar-refractivity contribution in [1.82, 2.24) is 0 Å². The maximum atomic E-state index is 13.5. The minimum Gasteiger partial charge on any atom is -0.503 e. The number of nitrogen functional groups attached to an aromatic ring is 1. The van der Waals surface area contributed by atoms with Crippen molar-refractivity contribution < 1.29 is 13.9 Å². The monoisotopic (exact) mass is 392 g/mol. The zero-order valence-corrected chi connectivity index (χ0v) is 15.0. The lowest BCUT2D eigenvalue weighted by Crippen LogP contribution is -2.03. The molecule has 0 fully saturated rings. The summed E-state index contributed by atoms with van der Waals surface area (Å²) in [6.07, 6.45) is 0. The fraction of sp³-hybridized carbons (Fsp3) is 0.0526. The van der Waals surface area contributed by atoms with Gasteiger partial charge in [0.15, 0.2) is 11.6 Å². The zero-order chi connectivity index (χ0) is 18.7. The van der Waals surface area contributed by atoms with Gasteiger partial charge in [-0.3, -0.25) is 0 Å². The van der Waals surface area contributed by atoms with Gasteiger partial charge in [0.25, 0.3) is 0 Å². The topological polar surface area (TPSA) is 58.3 Å². The molecule has 134 valence electrons. The van der Waals surface area contributed by atoms with Crippen LogP contribution in [0, 0.1) is 11.6 Å². The zero-order valence-electron chi connectivity index (χ0n) is 13.5. The Morgan fingerprint density at radius 3 is 2.50 bits per heavy atom. The number of halogens is 3. The molecular weight excluding hydrogens is 378 g/mol. The van der Waals surface area contributed by atoms with E-state index in [0.717, 1.165) is 21.4 Å². The van der Waals surface area contributed by atoms with Crippen LogP contribution < -0.4 is 11.1 Å². The predicted octanol–water partition coefficient (Wildman–Crippen LogP) is 5.67. The molecular formula is C19H15ClF2N2OS. The van der Waals surface area contributed by atoms with Crippen LogP contribution in [0.1, 0.15) is 5.56 Å². The third-order valence-electron chi connectivity index (χ3n) is 3.66. The van der Waals surface area contributed by atoms with Crippen molar-refractivity contribution in [3.05, 3.63) is 76.8 Å². The van der Waals surface area contributed by atoms with Gasteiger partial charge in [0, 0.05) is 27.0 Å². The molecule has 0 unspecified atom stereocenters. The van der Waals surface area contributed by atoms with Crippen molar-refractivity contribution in [3.8, 4) is 5.75 Å². The number of anilines is 2. The molecule has 3 aromatic carbocycles. The van der Waals surface area contributed by atoms with Crippen LogP contribution in [0.4, 0.5) is 20.2 Å². The fourth-order valence-electron chi connectivity index (χ4n) is 2.34. The van der Waals surface area contributed by atoms with E-state index in [-0.39, 0.29) is 12.2 Å². The molecule has 3 aromatic rings. The Hall–Kier alpha value is -2.44. The number of phenolic OH excluding ortho intramolecular Hbond substituents is 1. The minimum atomic E-state index is -1.28. The van der Waals surface area contributed by atoms with Gasteiger partial charge in [-0.05, 0) is 60.2 Å². The second-order valence-electron chi connectivity index (χ2n) is 5.53. The van der Waals surface area contributed by atoms with Crippen molar-refractivity contribution in [3.63, 3.8) is 0 Å². The van der Waals surface area contributed by atoms with Crippen LogP contribution in [0.5, 0.6) is 5.75 Å². The fourth-order valence-corrected chi connectivity index (χ4v) is 3.39. The second-order valence-corrected chi connectivity index (χ2v) is 7.09. The van der Waals surface area contributed by atoms with Gasteiger partial charge in [0.1, 0.15) is 0 Å². The first-order valence-corrected chi connectivity index (χ1v) is 8.86. The normalized spacial score (nSPS) is 10.7. The minimum absolute atomic E-state index is 0.105. The van der Waals surface area contributed by atoms with Gasteiger partial charge >= 0.3 is 0 Å². The van der Waals surface area contributed by atoms with Gasteiger partial charge in [-0.2, -0.15) is 4.39 Å². The maximum absolute atomic E-state index is 13.5. The molecule has 7 heteroatoms. The number of phenols is 1. The van der Waals surface area contributed by atoms with Crippen molar-refractivity contribution >= 4 is 34.7 Å². The Labute approximate surface area is 158 Å². The third-order valence-corrected chi connectivity index (χ3v) is 5.04. The Bertz CT molecular complexity index is 936. The molecule has 0 heterocycles. The summed E-state index contributed by atoms with van der Waals surface area (Å²) in [7, 11) is 0. The average molecular weight is 393 g/mol. The highest BCUT2D eigenvalue weighted by Gasteiger charge is 2.13. The van der Waals surface area contributed by atoms with Gasteiger partial charge in [-0.15, -0.1) is 0 Å². The van der Waals surface area contributed by atoms with Crippen LogP contribution in [-0.2, 0) is 6.54 Å². The third kappa shape index (κ3) is 4.20. The molecule has 0 amide bonds. The smallest absolute Gasteiger partial charge is 0.202 e. The number of rotatable bonds is 5. The van der Waals surface area contributed by atoms with Crippen molar-refractivity contribution in [2.24, 2.45) is 0 Å². The van der Waals surface area contributed by atoms with Gasteiger partial charge in [0.05, 0.1) is 5.69 Å². The largest absolute Gasteiger partial charge is 0.503 e. The molecule has 3 rings (SSSR count). The second kappa shape index (κ2) is 7.85. The number of aromatic hydroxyl groups is 1. The molecule has 4 N–H and O–H groups in total. The summed E-state index contributed by atoms with van der Waals surface area (Å²) in [6.45, 7) is 0.277. The van der Waals surface area contributed by atoms with Gasteiger partial charge in [-0.25, -0.2) is 4.39 Å². The number of benzene rings is 3. The van der Waals surface area contributed by atoms with Crippen LogP contribution in [-0.4, -0.2) is 5.11 Å². The first-order valence-electron chi connectivity index (χ1n) is 7.66. The first kappa shape index (κ1) is 18.4. The maximum Gasteiger partial charge on any atom is 0.202 e. The molecule has 0 saturated carbocycles. The average Bonchev–Trinajstić information content (AvgIpc) is 2.63. The molecule has 0 saturated heterocycles. The van der Waals surface area contributed by atoms with E-state index >= 15 is 0 Å². The molecule has 0 aliphatic carbocycles. The molecule has 0 radical (unpaired) electrons. The van der Waals surface area contributed by atoms with Gasteiger partial charge in [-0.1, -0.05) is 23.4 Å². The molecule has 0 aromatic heterocycles. The molecule has 26 heavy (non-hydrogen) atoms. The summed E-state index contributed by atoms with van der Waals surface area (Å²) in [6, 6.07) is 15.1. The molecule has 0 bridgehead atoms. The lowest BCUT2D eigenvalue weighted by Gasteiger charge is -2.13. The predicted molar refractivity (Wildman–Crippen MR) is 102 cm³/mol. The summed E-state index contributed by atoms with van der Waals surface area (Å²) in [5.41, 5.74) is 7.41. The standard InChI is InChI=1S/C19H15ClF2N2OS/c20-12-1-4-14(5-2-12)26-17-8-3-13(23)9-11(17)10-24-16-7-6-15(21)18(22)19(16)25/h1-9,24-25H,10,23H2. The van der Waals surface area contributed by atoms with Crippen LogP contribution in [0.15, 0.2) is 64.4 Å². The van der Waals surface area contributed by atoms with Crippen LogP contribution >= 0.6 is 23.4 Å². The van der Waals surface area contributed by atoms with E-state index in [1.54, 1.807) is 24.3 Å². The lowest BCUT2D eigenvalue weighted by molar-refractivity contribution is 0.409. The van der Waals surface area contributed by atoms with E-state index in [1.165, 1.54) is 17.8 Å². The highest BCUT2D eigenvalue weighted by atomic mass is 35.5. The highest BCUT2D eigenvalue weighted by molar-refractivity contribution is 7.99. The first-order chi connectivity index (χ1) is 12.4. The Kier molecular flexibility index (Phi) is 5.54. The van der Waals surface area contributed by atoms with Crippen LogP contribution in [0.2, 0.25) is 5.02 Å². The van der Waals surface area contributed by atoms with E-state index in [9.17, 15) is 13.9 Å². The molecule has 0 spiro atoms. The Morgan fingerprint density at radius 2 is 1.77 bits per heavy atom. The summed E-state index contributed by atoms with van der Waals surface area (Å²) >= 11 is 7.43. The number of hydrogen-bond acceptors (Lipinski definition) is 4. The lowest BCUT2D eigenvalue weighted by atomic mass is 10.2. The summed E-state index contributed by atoms with van der Waals surface area (Å²) in [4.78, 5) is 1.94. The van der Waals surface area contributed by atoms with Crippen LogP contribution in [0.3, 0.4) is 0 Å². The summed E-state index contributed by atoms with van der Waals surface area (Å²) in [5.74, 6) is -3.13. The van der Waals surface area contributed by atoms with Gasteiger partial charge in [0.2, 0.25) is 5.82 Å². The van der Waals surface area contributed by atoms with Crippen molar-refractivity contribution in [2.75, 3.05) is 11.1 Å². The van der Waals surface area contributed by atoms with E-state index in [4.69, 9.17) is 17.3 Å².